The van der Waals surface area contributed by atoms with Crippen molar-refractivity contribution >= 4 is 16.8 Å². The minimum atomic E-state index is 0.192. The maximum atomic E-state index is 12.2. The van der Waals surface area contributed by atoms with Crippen molar-refractivity contribution in [3.8, 4) is 0 Å². The zero-order valence-corrected chi connectivity index (χ0v) is 14.8. The van der Waals surface area contributed by atoms with Gasteiger partial charge in [-0.2, -0.15) is 0 Å². The van der Waals surface area contributed by atoms with Gasteiger partial charge < -0.3 is 15.6 Å². The first kappa shape index (κ1) is 17.0. The number of nitrogens with one attached hydrogen (secondary N) is 3. The number of rotatable bonds is 6. The van der Waals surface area contributed by atoms with Gasteiger partial charge in [-0.3, -0.25) is 4.79 Å². The molecule has 2 aromatic rings. The summed E-state index contributed by atoms with van der Waals surface area (Å²) in [5, 5.41) is 7.80. The molecule has 4 heteroatoms. The average Bonchev–Trinajstić information content (AvgIpc) is 3.00. The summed E-state index contributed by atoms with van der Waals surface area (Å²) in [6, 6.07) is 6.31. The first-order valence-corrected chi connectivity index (χ1v) is 9.18. The Balaban J connectivity index is 1.47. The minimum Gasteiger partial charge on any atom is -0.361 e. The van der Waals surface area contributed by atoms with Gasteiger partial charge in [-0.15, -0.1) is 0 Å². The van der Waals surface area contributed by atoms with Gasteiger partial charge in [0, 0.05) is 30.1 Å². The smallest absolute Gasteiger partial charge is 0.220 e. The fourth-order valence-electron chi connectivity index (χ4n) is 3.93. The fourth-order valence-corrected chi connectivity index (χ4v) is 3.93. The summed E-state index contributed by atoms with van der Waals surface area (Å²) in [6.07, 6.45) is 5.99. The normalized spacial score (nSPS) is 17.1. The molecule has 0 saturated carbocycles. The van der Waals surface area contributed by atoms with Crippen molar-refractivity contribution in [2.24, 2.45) is 11.8 Å². The molecule has 0 spiro atoms. The third-order valence-electron chi connectivity index (χ3n) is 5.41. The van der Waals surface area contributed by atoms with Crippen molar-refractivity contribution in [3.63, 3.8) is 0 Å². The predicted octanol–water partition coefficient (Wildman–Crippen LogP) is 3.16. The number of carbonyl (C=O) groups is 1. The Labute approximate surface area is 144 Å². The summed E-state index contributed by atoms with van der Waals surface area (Å²) >= 11 is 0. The van der Waals surface area contributed by atoms with Gasteiger partial charge in [0.15, 0.2) is 0 Å². The quantitative estimate of drug-likeness (QED) is 0.763. The van der Waals surface area contributed by atoms with Crippen LogP contribution in [0.1, 0.15) is 37.3 Å². The van der Waals surface area contributed by atoms with Crippen molar-refractivity contribution in [3.05, 3.63) is 35.5 Å². The second kappa shape index (κ2) is 7.84. The van der Waals surface area contributed by atoms with Gasteiger partial charge in [-0.25, -0.2) is 0 Å². The van der Waals surface area contributed by atoms with Crippen LogP contribution in [0, 0.1) is 18.8 Å². The molecule has 130 valence electrons. The van der Waals surface area contributed by atoms with E-state index in [2.05, 4.69) is 53.9 Å². The molecule has 0 aliphatic carbocycles. The second-order valence-corrected chi connectivity index (χ2v) is 7.18. The summed E-state index contributed by atoms with van der Waals surface area (Å²) in [6.45, 7) is 7.25. The topological polar surface area (TPSA) is 56.9 Å². The number of carbonyl (C=O) groups excluding carboxylic acids is 1. The van der Waals surface area contributed by atoms with Crippen LogP contribution in [0.3, 0.4) is 0 Å². The summed E-state index contributed by atoms with van der Waals surface area (Å²) in [7, 11) is 0. The molecule has 1 fully saturated rings. The molecular formula is C20H29N3O. The van der Waals surface area contributed by atoms with Crippen molar-refractivity contribution in [2.75, 3.05) is 19.6 Å². The van der Waals surface area contributed by atoms with Crippen LogP contribution in [0.4, 0.5) is 0 Å². The van der Waals surface area contributed by atoms with E-state index in [-0.39, 0.29) is 5.91 Å². The molecule has 2 heterocycles. The molecule has 1 aliphatic rings. The van der Waals surface area contributed by atoms with Crippen molar-refractivity contribution in [2.45, 2.75) is 39.5 Å². The molecule has 1 aliphatic heterocycles. The second-order valence-electron chi connectivity index (χ2n) is 7.18. The van der Waals surface area contributed by atoms with Gasteiger partial charge in [0.25, 0.3) is 0 Å². The molecule has 1 aromatic carbocycles. The van der Waals surface area contributed by atoms with Crippen LogP contribution in [-0.4, -0.2) is 30.5 Å². The highest BCUT2D eigenvalue weighted by atomic mass is 16.1. The molecule has 3 rings (SSSR count). The Morgan fingerprint density at radius 1 is 1.33 bits per heavy atom. The lowest BCUT2D eigenvalue weighted by atomic mass is 9.84. The first-order valence-electron chi connectivity index (χ1n) is 9.18. The lowest BCUT2D eigenvalue weighted by Gasteiger charge is -2.27. The van der Waals surface area contributed by atoms with Gasteiger partial charge in [0.05, 0.1) is 0 Å². The summed E-state index contributed by atoms with van der Waals surface area (Å²) in [4.78, 5) is 15.5. The van der Waals surface area contributed by atoms with Gasteiger partial charge >= 0.3 is 0 Å². The third kappa shape index (κ3) is 3.99. The average molecular weight is 327 g/mol. The van der Waals surface area contributed by atoms with Crippen molar-refractivity contribution < 1.29 is 4.79 Å². The zero-order valence-electron chi connectivity index (χ0n) is 14.8. The first-order chi connectivity index (χ1) is 11.6. The van der Waals surface area contributed by atoms with E-state index in [4.69, 9.17) is 0 Å². The van der Waals surface area contributed by atoms with Gasteiger partial charge in [-0.05, 0) is 68.3 Å². The van der Waals surface area contributed by atoms with Crippen LogP contribution >= 0.6 is 0 Å². The molecule has 1 atom stereocenters. The zero-order chi connectivity index (χ0) is 16.9. The largest absolute Gasteiger partial charge is 0.361 e. The highest BCUT2D eigenvalue weighted by Crippen LogP contribution is 2.24. The lowest BCUT2D eigenvalue weighted by Crippen LogP contribution is -2.34. The van der Waals surface area contributed by atoms with Crippen molar-refractivity contribution in [1.29, 1.82) is 0 Å². The molecule has 1 aromatic heterocycles. The van der Waals surface area contributed by atoms with Crippen LogP contribution < -0.4 is 10.6 Å². The van der Waals surface area contributed by atoms with Crippen LogP contribution in [0.5, 0.6) is 0 Å². The summed E-state index contributed by atoms with van der Waals surface area (Å²) in [5.41, 5.74) is 3.75. The van der Waals surface area contributed by atoms with Gasteiger partial charge in [0.1, 0.15) is 0 Å². The van der Waals surface area contributed by atoms with E-state index in [1.165, 1.54) is 34.9 Å². The van der Waals surface area contributed by atoms with E-state index in [9.17, 15) is 4.79 Å². The summed E-state index contributed by atoms with van der Waals surface area (Å²) in [5.74, 6) is 1.35. The van der Waals surface area contributed by atoms with E-state index in [0.29, 0.717) is 24.8 Å². The fraction of sp³-hybridized carbons (Fsp3) is 0.550. The van der Waals surface area contributed by atoms with Crippen LogP contribution in [0.2, 0.25) is 0 Å². The molecule has 0 radical (unpaired) electrons. The standard InChI is InChI=1S/C20H29N3O/c1-14-4-3-5-18-20(14)17(13-23-18)8-11-22-19(24)12-15(2)16-6-9-21-10-7-16/h3-5,13,15-16,21,23H,6-12H2,1-2H3,(H,22,24). The van der Waals surface area contributed by atoms with Crippen molar-refractivity contribution in [1.82, 2.24) is 15.6 Å². The lowest BCUT2D eigenvalue weighted by molar-refractivity contribution is -0.122. The van der Waals surface area contributed by atoms with Crippen LogP contribution in [-0.2, 0) is 11.2 Å². The van der Waals surface area contributed by atoms with Gasteiger partial charge in [-0.1, -0.05) is 19.1 Å². The Hall–Kier alpha value is -1.81. The molecule has 1 amide bonds. The number of benzene rings is 1. The van der Waals surface area contributed by atoms with Gasteiger partial charge in [0.2, 0.25) is 5.91 Å². The number of aromatic amines is 1. The number of piperidine rings is 1. The minimum absolute atomic E-state index is 0.192. The molecule has 1 unspecified atom stereocenters. The monoisotopic (exact) mass is 327 g/mol. The Morgan fingerprint density at radius 3 is 2.92 bits per heavy atom. The molecule has 1 saturated heterocycles. The number of hydrogen-bond donors (Lipinski definition) is 3. The summed E-state index contributed by atoms with van der Waals surface area (Å²) < 4.78 is 0. The Morgan fingerprint density at radius 2 is 2.12 bits per heavy atom. The van der Waals surface area contributed by atoms with Crippen LogP contribution in [0.15, 0.2) is 24.4 Å². The number of aromatic nitrogens is 1. The molecule has 3 N–H and O–H groups in total. The third-order valence-corrected chi connectivity index (χ3v) is 5.41. The number of hydrogen-bond acceptors (Lipinski definition) is 2. The SMILES string of the molecule is Cc1cccc2[nH]cc(CCNC(=O)CC(C)C3CCNCC3)c12. The van der Waals surface area contributed by atoms with E-state index < -0.39 is 0 Å². The number of aryl methyl sites for hydroxylation is 1. The highest BCUT2D eigenvalue weighted by molar-refractivity contribution is 5.86. The van der Waals surface area contributed by atoms with Crippen LogP contribution in [0.25, 0.3) is 10.9 Å². The number of amides is 1. The Bertz CT molecular complexity index is 685. The maximum Gasteiger partial charge on any atom is 0.220 e. The molecular weight excluding hydrogens is 298 g/mol. The van der Waals surface area contributed by atoms with E-state index in [1.54, 1.807) is 0 Å². The number of H-pyrrole nitrogens is 1. The Kier molecular flexibility index (Phi) is 5.56. The molecule has 4 nitrogen and oxygen atoms in total. The van der Waals surface area contributed by atoms with E-state index in [1.807, 2.05) is 0 Å². The predicted molar refractivity (Wildman–Crippen MR) is 99.1 cm³/mol. The number of fused-ring (bicyclic) bond motifs is 1. The van der Waals surface area contributed by atoms with E-state index >= 15 is 0 Å². The molecule has 24 heavy (non-hydrogen) atoms. The molecule has 0 bridgehead atoms. The van der Waals surface area contributed by atoms with E-state index in [0.717, 1.165) is 19.5 Å². The maximum absolute atomic E-state index is 12.2. The highest BCUT2D eigenvalue weighted by Gasteiger charge is 2.21.